The molecule has 1 aromatic carbocycles. The quantitative estimate of drug-likeness (QED) is 0.589. The van der Waals surface area contributed by atoms with Gasteiger partial charge in [-0.25, -0.2) is 0 Å². The molecule has 2 heterocycles. The molecule has 0 saturated carbocycles. The number of likely N-dealkylation sites (tertiary alicyclic amines) is 1. The van der Waals surface area contributed by atoms with Crippen LogP contribution in [0.15, 0.2) is 24.0 Å². The van der Waals surface area contributed by atoms with E-state index in [0.29, 0.717) is 41.4 Å². The molecule has 0 unspecified atom stereocenters. The van der Waals surface area contributed by atoms with E-state index in [2.05, 4.69) is 0 Å². The number of Topliss-reactive ketones (excluding diaryl/α,β-unsaturated/α-hetero) is 1. The predicted octanol–water partition coefficient (Wildman–Crippen LogP) is 0.515. The lowest BCUT2D eigenvalue weighted by Crippen LogP contribution is -2.82. The number of aliphatic hydroxyl groups is 1. The topological polar surface area (TPSA) is 111 Å². The minimum Gasteiger partial charge on any atom is -0.497 e. The molecule has 0 aromatic heterocycles. The summed E-state index contributed by atoms with van der Waals surface area (Å²) in [5.74, 6) is 0.664. The van der Waals surface area contributed by atoms with Crippen molar-refractivity contribution in [2.45, 2.75) is 35.6 Å². The molecule has 0 radical (unpaired) electrons. The van der Waals surface area contributed by atoms with Crippen molar-refractivity contribution < 1.29 is 29.0 Å². The molecule has 1 fully saturated rings. The lowest BCUT2D eigenvalue weighted by Gasteiger charge is -2.58. The van der Waals surface area contributed by atoms with Gasteiger partial charge in [0, 0.05) is 22.6 Å². The first-order valence-electron chi connectivity index (χ1n) is 9.07. The molecule has 9 nitrogen and oxygen atoms in total. The van der Waals surface area contributed by atoms with Crippen molar-refractivity contribution >= 4 is 5.78 Å². The molecule has 1 saturated heterocycles. The molecule has 1 aromatic rings. The average Bonchev–Trinajstić information content (AvgIpc) is 3.02. The monoisotopic (exact) mass is 388 g/mol. The van der Waals surface area contributed by atoms with Gasteiger partial charge in [0.15, 0.2) is 23.4 Å². The molecule has 2 aliphatic carbocycles. The van der Waals surface area contributed by atoms with E-state index in [1.54, 1.807) is 24.1 Å². The summed E-state index contributed by atoms with van der Waals surface area (Å²) in [7, 11) is 4.61. The Kier molecular flexibility index (Phi) is 3.26. The van der Waals surface area contributed by atoms with Crippen LogP contribution < -0.4 is 9.47 Å². The number of nitrogens with zero attached hydrogens (tertiary/aromatic N) is 2. The van der Waals surface area contributed by atoms with Gasteiger partial charge in [0.05, 0.1) is 14.2 Å². The van der Waals surface area contributed by atoms with Crippen molar-refractivity contribution in [3.8, 4) is 11.5 Å². The van der Waals surface area contributed by atoms with Gasteiger partial charge in [-0.2, -0.15) is 0 Å². The van der Waals surface area contributed by atoms with Crippen LogP contribution in [0.25, 0.3) is 0 Å². The molecule has 2 aliphatic heterocycles. The Morgan fingerprint density at radius 2 is 2.11 bits per heavy atom. The van der Waals surface area contributed by atoms with Gasteiger partial charge in [0.2, 0.25) is 0 Å². The summed E-state index contributed by atoms with van der Waals surface area (Å²) in [5.41, 5.74) is -2.37. The number of carbonyl (C=O) groups excluding carboxylic acids is 1. The van der Waals surface area contributed by atoms with Crippen LogP contribution in [-0.4, -0.2) is 72.3 Å². The lowest BCUT2D eigenvalue weighted by atomic mass is 9.47. The Morgan fingerprint density at radius 3 is 2.75 bits per heavy atom. The molecule has 4 aliphatic rings. The van der Waals surface area contributed by atoms with Crippen LogP contribution in [0.3, 0.4) is 0 Å². The highest BCUT2D eigenvalue weighted by Crippen LogP contribution is 2.66. The number of hydrogen-bond acceptors (Lipinski definition) is 8. The zero-order valence-corrected chi connectivity index (χ0v) is 15.7. The van der Waals surface area contributed by atoms with Crippen LogP contribution in [0.2, 0.25) is 0 Å². The summed E-state index contributed by atoms with van der Waals surface area (Å²) in [4.78, 5) is 27.3. The van der Waals surface area contributed by atoms with E-state index < -0.39 is 34.1 Å². The van der Waals surface area contributed by atoms with Crippen molar-refractivity contribution in [2.75, 3.05) is 27.8 Å². The van der Waals surface area contributed by atoms with Gasteiger partial charge in [-0.05, 0) is 31.7 Å². The largest absolute Gasteiger partial charge is 0.497 e. The van der Waals surface area contributed by atoms with E-state index in [9.17, 15) is 20.0 Å². The highest BCUT2D eigenvalue weighted by atomic mass is 16.6. The summed E-state index contributed by atoms with van der Waals surface area (Å²) >= 11 is 0. The molecule has 28 heavy (non-hydrogen) atoms. The Labute approximate surface area is 160 Å². The Balaban J connectivity index is 1.97. The molecule has 5 atom stereocenters. The van der Waals surface area contributed by atoms with E-state index in [-0.39, 0.29) is 5.78 Å². The molecule has 1 spiro atoms. The standard InChI is InChI=1S/C19H20N2O7/c1-20-7-6-18-13-9-4-5-10(26-2)15(13)28-17(18)11(27-3)8-12(22)19(18,21(24)25)16(20)14(9)23/h4-5,8,12,16-17,22H,6-7H2,1-3H3/t12-,16+,17+,18-,19+/m0/s1. The van der Waals surface area contributed by atoms with Gasteiger partial charge in [0.25, 0.3) is 5.54 Å². The fourth-order valence-corrected chi connectivity index (χ4v) is 5.96. The van der Waals surface area contributed by atoms with Crippen molar-refractivity contribution in [3.63, 3.8) is 0 Å². The SMILES string of the molecule is COC1=C[C@H](O)[C@@]2([N+](=O)[O-])[C@H]3C(=O)c4ccc(OC)c5c4[C@@]2(CCN3C)[C@@H]1O5. The highest BCUT2D eigenvalue weighted by molar-refractivity contribution is 6.06. The van der Waals surface area contributed by atoms with Crippen LogP contribution in [0.5, 0.6) is 11.5 Å². The number of benzene rings is 1. The highest BCUT2D eigenvalue weighted by Gasteiger charge is 2.84. The van der Waals surface area contributed by atoms with E-state index in [0.717, 1.165) is 0 Å². The van der Waals surface area contributed by atoms with Gasteiger partial charge >= 0.3 is 0 Å². The van der Waals surface area contributed by atoms with Crippen LogP contribution in [0.4, 0.5) is 0 Å². The van der Waals surface area contributed by atoms with Crippen LogP contribution in [0, 0.1) is 10.1 Å². The first-order valence-corrected chi connectivity index (χ1v) is 9.07. The second kappa shape index (κ2) is 5.24. The molecule has 5 rings (SSSR count). The molecule has 148 valence electrons. The van der Waals surface area contributed by atoms with Crippen LogP contribution >= 0.6 is 0 Å². The van der Waals surface area contributed by atoms with Gasteiger partial charge in [-0.15, -0.1) is 0 Å². The number of aliphatic hydroxyl groups excluding tert-OH is 1. The summed E-state index contributed by atoms with van der Waals surface area (Å²) in [6, 6.07) is 2.17. The molecular formula is C19H20N2O7. The lowest BCUT2D eigenvalue weighted by molar-refractivity contribution is -0.607. The van der Waals surface area contributed by atoms with E-state index >= 15 is 0 Å². The maximum Gasteiger partial charge on any atom is 0.287 e. The van der Waals surface area contributed by atoms with E-state index in [1.165, 1.54) is 20.3 Å². The van der Waals surface area contributed by atoms with Crippen molar-refractivity contribution in [3.05, 3.63) is 45.2 Å². The average molecular weight is 388 g/mol. The molecular weight excluding hydrogens is 368 g/mol. The second-order valence-electron chi connectivity index (χ2n) is 7.79. The number of rotatable bonds is 3. The van der Waals surface area contributed by atoms with Gasteiger partial charge in [-0.1, -0.05) is 0 Å². The van der Waals surface area contributed by atoms with Crippen molar-refractivity contribution in [1.29, 1.82) is 0 Å². The van der Waals surface area contributed by atoms with Gasteiger partial charge < -0.3 is 19.3 Å². The number of piperidine rings is 1. The third kappa shape index (κ3) is 1.53. The van der Waals surface area contributed by atoms with Crippen LogP contribution in [0.1, 0.15) is 22.3 Å². The fraction of sp³-hybridized carbons (Fsp3) is 0.526. The van der Waals surface area contributed by atoms with Gasteiger partial charge in [0.1, 0.15) is 23.3 Å². The smallest absolute Gasteiger partial charge is 0.287 e. The maximum atomic E-state index is 13.5. The first-order chi connectivity index (χ1) is 13.4. The number of hydrogen-bond donors (Lipinski definition) is 1. The number of ketones is 1. The zero-order chi connectivity index (χ0) is 20.0. The summed E-state index contributed by atoms with van der Waals surface area (Å²) < 4.78 is 17.1. The van der Waals surface area contributed by atoms with Gasteiger partial charge in [-0.3, -0.25) is 19.8 Å². The minimum atomic E-state index is -1.98. The van der Waals surface area contributed by atoms with Crippen molar-refractivity contribution in [2.24, 2.45) is 0 Å². The minimum absolute atomic E-state index is 0.324. The normalized spacial score (nSPS) is 37.6. The zero-order valence-electron chi connectivity index (χ0n) is 15.7. The number of nitro groups is 1. The molecule has 0 amide bonds. The summed E-state index contributed by atoms with van der Waals surface area (Å²) in [6.07, 6.45) is -0.682. The van der Waals surface area contributed by atoms with E-state index in [4.69, 9.17) is 14.2 Å². The maximum absolute atomic E-state index is 13.5. The fourth-order valence-electron chi connectivity index (χ4n) is 5.96. The molecule has 9 heteroatoms. The summed E-state index contributed by atoms with van der Waals surface area (Å²) in [6.45, 7) is 0.450. The Morgan fingerprint density at radius 1 is 1.36 bits per heavy atom. The summed E-state index contributed by atoms with van der Waals surface area (Å²) in [5, 5.41) is 23.8. The number of carbonyl (C=O) groups is 1. The Bertz CT molecular complexity index is 960. The number of methoxy groups -OCH3 is 2. The third-order valence-corrected chi connectivity index (χ3v) is 6.99. The Hall–Kier alpha value is -2.65. The molecule has 1 N–H and O–H groups in total. The number of likely N-dealkylation sites (N-methyl/N-ethyl adjacent to an activating group) is 1. The third-order valence-electron chi connectivity index (χ3n) is 6.99. The molecule has 2 bridgehead atoms. The second-order valence-corrected chi connectivity index (χ2v) is 7.79. The van der Waals surface area contributed by atoms with Crippen LogP contribution in [-0.2, 0) is 10.2 Å². The van der Waals surface area contributed by atoms with Crippen molar-refractivity contribution in [1.82, 2.24) is 4.90 Å². The first kappa shape index (κ1) is 17.4. The number of ether oxygens (including phenoxy) is 3. The van der Waals surface area contributed by atoms with E-state index in [1.807, 2.05) is 0 Å². The predicted molar refractivity (Wildman–Crippen MR) is 95.3 cm³/mol.